The normalized spacial score (nSPS) is 20.5. The van der Waals surface area contributed by atoms with E-state index in [4.69, 9.17) is 21.4 Å². The van der Waals surface area contributed by atoms with Crippen LogP contribution in [0.15, 0.2) is 22.9 Å². The summed E-state index contributed by atoms with van der Waals surface area (Å²) in [5.74, 6) is 0.329. The first kappa shape index (κ1) is 12.1. The first-order valence-electron chi connectivity index (χ1n) is 5.02. The van der Waals surface area contributed by atoms with Crippen LogP contribution in [0.5, 0.6) is 0 Å². The van der Waals surface area contributed by atoms with Crippen LogP contribution in [0.4, 0.5) is 0 Å². The molecule has 0 aliphatic heterocycles. The van der Waals surface area contributed by atoms with Gasteiger partial charge < -0.3 is 9.84 Å². The Balaban J connectivity index is 2.28. The lowest BCUT2D eigenvalue weighted by molar-refractivity contribution is -0.137. The average Bonchev–Trinajstić information content (AvgIpc) is 2.14. The third-order valence-corrected chi connectivity index (χ3v) is 2.45. The van der Waals surface area contributed by atoms with Crippen molar-refractivity contribution >= 4 is 17.6 Å². The van der Waals surface area contributed by atoms with Crippen molar-refractivity contribution in [2.45, 2.75) is 26.2 Å². The molecule has 3 nitrogen and oxygen atoms in total. The van der Waals surface area contributed by atoms with E-state index < -0.39 is 5.97 Å². The molecule has 84 valence electrons. The van der Waals surface area contributed by atoms with E-state index in [1.54, 1.807) is 0 Å². The lowest BCUT2D eigenvalue weighted by Gasteiger charge is -2.15. The number of rotatable bonds is 5. The smallest absolute Gasteiger partial charge is 0.303 e. The highest BCUT2D eigenvalue weighted by molar-refractivity contribution is 6.31. The van der Waals surface area contributed by atoms with E-state index in [9.17, 15) is 4.79 Å². The topological polar surface area (TPSA) is 46.5 Å². The van der Waals surface area contributed by atoms with Crippen LogP contribution in [0.2, 0.25) is 0 Å². The average molecular weight is 231 g/mol. The molecule has 1 atom stereocenters. The van der Waals surface area contributed by atoms with Gasteiger partial charge in [-0.15, -0.1) is 0 Å². The molecule has 1 aliphatic carbocycles. The maximum Gasteiger partial charge on any atom is 0.303 e. The molecule has 0 aromatic rings. The largest absolute Gasteiger partial charge is 0.492 e. The highest BCUT2D eigenvalue weighted by atomic mass is 35.5. The predicted molar refractivity (Wildman–Crippen MR) is 58.6 cm³/mol. The Kier molecular flexibility index (Phi) is 4.69. The highest BCUT2D eigenvalue weighted by Crippen LogP contribution is 2.26. The van der Waals surface area contributed by atoms with E-state index in [-0.39, 0.29) is 6.42 Å². The second-order valence-corrected chi connectivity index (χ2v) is 4.05. The molecule has 1 aliphatic rings. The summed E-state index contributed by atoms with van der Waals surface area (Å²) in [6.07, 6.45) is 5.46. The quantitative estimate of drug-likeness (QED) is 0.739. The van der Waals surface area contributed by atoms with E-state index >= 15 is 0 Å². The number of carbonyl (C=O) groups is 1. The lowest BCUT2D eigenvalue weighted by Crippen LogP contribution is -2.04. The number of hydrogen-bond donors (Lipinski definition) is 1. The van der Waals surface area contributed by atoms with E-state index in [1.165, 1.54) is 0 Å². The molecule has 0 heterocycles. The van der Waals surface area contributed by atoms with Gasteiger partial charge in [0.05, 0.1) is 11.6 Å². The Bertz CT molecular complexity index is 294. The zero-order valence-electron chi connectivity index (χ0n) is 8.70. The van der Waals surface area contributed by atoms with Crippen molar-refractivity contribution in [2.75, 3.05) is 6.61 Å². The molecule has 0 saturated heterocycles. The van der Waals surface area contributed by atoms with Crippen molar-refractivity contribution in [3.05, 3.63) is 22.9 Å². The molecule has 1 rings (SSSR count). The molecule has 15 heavy (non-hydrogen) atoms. The summed E-state index contributed by atoms with van der Waals surface area (Å²) in [5.41, 5.74) is 0. The summed E-state index contributed by atoms with van der Waals surface area (Å²) in [6.45, 7) is 2.48. The summed E-state index contributed by atoms with van der Waals surface area (Å²) in [4.78, 5) is 10.3. The number of carboxylic acid groups (broad SMARTS) is 1. The Hall–Kier alpha value is -0.960. The van der Waals surface area contributed by atoms with Crippen molar-refractivity contribution in [1.29, 1.82) is 0 Å². The van der Waals surface area contributed by atoms with Crippen molar-refractivity contribution < 1.29 is 14.6 Å². The van der Waals surface area contributed by atoms with Crippen LogP contribution >= 0.6 is 11.6 Å². The fourth-order valence-corrected chi connectivity index (χ4v) is 1.67. The van der Waals surface area contributed by atoms with Crippen LogP contribution in [0.1, 0.15) is 26.2 Å². The Morgan fingerprint density at radius 2 is 2.47 bits per heavy atom. The molecule has 0 amide bonds. The molecule has 1 unspecified atom stereocenters. The van der Waals surface area contributed by atoms with Gasteiger partial charge in [0.25, 0.3) is 0 Å². The molecule has 0 spiro atoms. The Labute approximate surface area is 94.4 Å². The van der Waals surface area contributed by atoms with Gasteiger partial charge in [0.2, 0.25) is 0 Å². The summed E-state index contributed by atoms with van der Waals surface area (Å²) in [7, 11) is 0. The minimum atomic E-state index is -0.800. The van der Waals surface area contributed by atoms with Gasteiger partial charge in [-0.3, -0.25) is 4.79 Å². The number of allylic oxidation sites excluding steroid dienone is 3. The maximum atomic E-state index is 10.3. The van der Waals surface area contributed by atoms with Gasteiger partial charge in [-0.05, 0) is 24.8 Å². The molecule has 0 aromatic heterocycles. The van der Waals surface area contributed by atoms with Crippen LogP contribution in [-0.4, -0.2) is 17.7 Å². The molecule has 0 aromatic carbocycles. The van der Waals surface area contributed by atoms with Crippen molar-refractivity contribution in [2.24, 2.45) is 5.92 Å². The minimum Gasteiger partial charge on any atom is -0.492 e. The molecule has 0 radical (unpaired) electrons. The molecule has 1 N–H and O–H groups in total. The van der Waals surface area contributed by atoms with Crippen molar-refractivity contribution in [3.63, 3.8) is 0 Å². The standard InChI is InChI=1S/C11H15ClO3/c1-8-4-5-10(9(12)7-8)15-6-2-3-11(13)14/h5,7-8H,2-4,6H2,1H3,(H,13,14). The van der Waals surface area contributed by atoms with Crippen LogP contribution < -0.4 is 0 Å². The summed E-state index contributed by atoms with van der Waals surface area (Å²) in [5, 5.41) is 9.06. The number of halogens is 1. The number of ether oxygens (including phenoxy) is 1. The summed E-state index contributed by atoms with van der Waals surface area (Å²) < 4.78 is 5.39. The van der Waals surface area contributed by atoms with E-state index in [0.717, 1.165) is 6.42 Å². The molecule has 0 fully saturated rings. The highest BCUT2D eigenvalue weighted by Gasteiger charge is 2.11. The number of carboxylic acids is 1. The zero-order chi connectivity index (χ0) is 11.3. The second-order valence-electron chi connectivity index (χ2n) is 3.64. The van der Waals surface area contributed by atoms with Gasteiger partial charge >= 0.3 is 5.97 Å². The van der Waals surface area contributed by atoms with Gasteiger partial charge in [-0.2, -0.15) is 0 Å². The van der Waals surface area contributed by atoms with E-state index in [1.807, 2.05) is 12.2 Å². The van der Waals surface area contributed by atoms with E-state index in [0.29, 0.717) is 29.7 Å². The maximum absolute atomic E-state index is 10.3. The lowest BCUT2D eigenvalue weighted by atomic mass is 10.0. The molecule has 0 bridgehead atoms. The fraction of sp³-hybridized carbons (Fsp3) is 0.545. The van der Waals surface area contributed by atoms with Crippen LogP contribution in [0, 0.1) is 5.92 Å². The zero-order valence-corrected chi connectivity index (χ0v) is 9.46. The second kappa shape index (κ2) is 5.81. The third kappa shape index (κ3) is 4.38. The third-order valence-electron chi connectivity index (χ3n) is 2.13. The van der Waals surface area contributed by atoms with Crippen LogP contribution in [-0.2, 0) is 9.53 Å². The van der Waals surface area contributed by atoms with Gasteiger partial charge in [-0.1, -0.05) is 24.6 Å². The number of hydrogen-bond acceptors (Lipinski definition) is 2. The molecular formula is C11H15ClO3. The monoisotopic (exact) mass is 230 g/mol. The first-order chi connectivity index (χ1) is 7.09. The Morgan fingerprint density at radius 3 is 3.07 bits per heavy atom. The van der Waals surface area contributed by atoms with Gasteiger partial charge in [-0.25, -0.2) is 0 Å². The minimum absolute atomic E-state index is 0.130. The van der Waals surface area contributed by atoms with Crippen LogP contribution in [0.3, 0.4) is 0 Å². The SMILES string of the molecule is CC1C=C(Cl)C(OCCCC(=O)O)=CC1. The van der Waals surface area contributed by atoms with Crippen molar-refractivity contribution in [1.82, 2.24) is 0 Å². The summed E-state index contributed by atoms with van der Waals surface area (Å²) >= 11 is 5.97. The van der Waals surface area contributed by atoms with Crippen LogP contribution in [0.25, 0.3) is 0 Å². The van der Waals surface area contributed by atoms with Gasteiger partial charge in [0.1, 0.15) is 5.76 Å². The van der Waals surface area contributed by atoms with Gasteiger partial charge in [0.15, 0.2) is 0 Å². The molecule has 0 saturated carbocycles. The number of aliphatic carboxylic acids is 1. The first-order valence-corrected chi connectivity index (χ1v) is 5.40. The van der Waals surface area contributed by atoms with Crippen molar-refractivity contribution in [3.8, 4) is 0 Å². The van der Waals surface area contributed by atoms with E-state index in [2.05, 4.69) is 6.92 Å². The molecule has 4 heteroatoms. The van der Waals surface area contributed by atoms with Gasteiger partial charge in [0, 0.05) is 6.42 Å². The fourth-order valence-electron chi connectivity index (χ4n) is 1.32. The Morgan fingerprint density at radius 1 is 1.73 bits per heavy atom. The summed E-state index contributed by atoms with van der Waals surface area (Å²) in [6, 6.07) is 0. The molecular weight excluding hydrogens is 216 g/mol. The predicted octanol–water partition coefficient (Wildman–Crippen LogP) is 2.91.